The van der Waals surface area contributed by atoms with Crippen molar-refractivity contribution in [3.8, 4) is 0 Å². The molecule has 0 fully saturated rings. The van der Waals surface area contributed by atoms with Gasteiger partial charge in [0, 0.05) is 18.3 Å². The fourth-order valence-corrected chi connectivity index (χ4v) is 2.59. The van der Waals surface area contributed by atoms with E-state index in [1.807, 2.05) is 32.0 Å². The molecule has 0 bridgehead atoms. The Morgan fingerprint density at radius 2 is 1.85 bits per heavy atom. The molecule has 0 saturated carbocycles. The number of hydrogen-bond acceptors (Lipinski definition) is 2. The van der Waals surface area contributed by atoms with Crippen molar-refractivity contribution >= 4 is 11.6 Å². The molecule has 0 aliphatic rings. The van der Waals surface area contributed by atoms with Crippen LogP contribution >= 0.6 is 0 Å². The van der Waals surface area contributed by atoms with Crippen LogP contribution in [-0.4, -0.2) is 18.5 Å². The Labute approximate surface area is 123 Å². The highest BCUT2D eigenvalue weighted by molar-refractivity contribution is 5.99. The van der Waals surface area contributed by atoms with Crippen LogP contribution in [0.25, 0.3) is 0 Å². The quantitative estimate of drug-likeness (QED) is 0.791. The molecule has 0 aliphatic heterocycles. The smallest absolute Gasteiger partial charge is 0.253 e. The highest BCUT2D eigenvalue weighted by atomic mass is 16.1. The van der Waals surface area contributed by atoms with Gasteiger partial charge in [-0.3, -0.25) is 4.79 Å². The monoisotopic (exact) mass is 276 g/mol. The summed E-state index contributed by atoms with van der Waals surface area (Å²) in [6, 6.07) is 6.12. The van der Waals surface area contributed by atoms with E-state index in [1.54, 1.807) is 0 Å². The van der Waals surface area contributed by atoms with Gasteiger partial charge in [0.05, 0.1) is 5.56 Å². The zero-order chi connectivity index (χ0) is 15.1. The molecule has 112 valence electrons. The van der Waals surface area contributed by atoms with Crippen molar-refractivity contribution in [2.75, 3.05) is 11.9 Å². The summed E-state index contributed by atoms with van der Waals surface area (Å²) in [5.41, 5.74) is 2.81. The average Bonchev–Trinajstić information content (AvgIpc) is 2.40. The molecule has 20 heavy (non-hydrogen) atoms. The molecule has 3 nitrogen and oxygen atoms in total. The highest BCUT2D eigenvalue weighted by Crippen LogP contribution is 2.19. The molecule has 1 aromatic carbocycles. The molecule has 1 amide bonds. The molecule has 0 spiro atoms. The maximum Gasteiger partial charge on any atom is 0.253 e. The van der Waals surface area contributed by atoms with E-state index in [9.17, 15) is 4.79 Å². The summed E-state index contributed by atoms with van der Waals surface area (Å²) in [6.45, 7) is 11.3. The second-order valence-electron chi connectivity index (χ2n) is 5.42. The van der Waals surface area contributed by atoms with Gasteiger partial charge in [-0.15, -0.1) is 0 Å². The van der Waals surface area contributed by atoms with Crippen molar-refractivity contribution in [2.24, 2.45) is 5.92 Å². The number of carbonyl (C=O) groups excluding carboxylic acids is 1. The number of aryl methyl sites for hydroxylation is 1. The van der Waals surface area contributed by atoms with Crippen molar-refractivity contribution in [2.45, 2.75) is 53.5 Å². The van der Waals surface area contributed by atoms with Gasteiger partial charge < -0.3 is 10.6 Å². The first kappa shape index (κ1) is 16.5. The number of amides is 1. The third-order valence-electron chi connectivity index (χ3n) is 3.90. The zero-order valence-corrected chi connectivity index (χ0v) is 13.4. The van der Waals surface area contributed by atoms with Crippen molar-refractivity contribution in [3.05, 3.63) is 29.3 Å². The van der Waals surface area contributed by atoms with Gasteiger partial charge in [0.1, 0.15) is 0 Å². The molecule has 0 aliphatic carbocycles. The van der Waals surface area contributed by atoms with Crippen LogP contribution in [0.5, 0.6) is 0 Å². The fraction of sp³-hybridized carbons (Fsp3) is 0.588. The van der Waals surface area contributed by atoms with E-state index in [0.717, 1.165) is 36.2 Å². The second kappa shape index (κ2) is 7.93. The first-order valence-corrected chi connectivity index (χ1v) is 7.68. The lowest BCUT2D eigenvalue weighted by Gasteiger charge is -2.23. The average molecular weight is 276 g/mol. The first-order valence-electron chi connectivity index (χ1n) is 7.68. The van der Waals surface area contributed by atoms with Gasteiger partial charge in [0.2, 0.25) is 0 Å². The molecule has 3 heteroatoms. The van der Waals surface area contributed by atoms with Crippen LogP contribution < -0.4 is 10.6 Å². The zero-order valence-electron chi connectivity index (χ0n) is 13.4. The Balaban J connectivity index is 2.86. The Morgan fingerprint density at radius 3 is 2.40 bits per heavy atom. The number of nitrogens with one attached hydrogen (secondary N) is 2. The summed E-state index contributed by atoms with van der Waals surface area (Å²) in [7, 11) is 0. The summed E-state index contributed by atoms with van der Waals surface area (Å²) in [4.78, 5) is 12.4. The number of hydrogen-bond donors (Lipinski definition) is 2. The Morgan fingerprint density at radius 1 is 1.20 bits per heavy atom. The van der Waals surface area contributed by atoms with Gasteiger partial charge >= 0.3 is 0 Å². The lowest BCUT2D eigenvalue weighted by Crippen LogP contribution is -2.38. The van der Waals surface area contributed by atoms with Gasteiger partial charge in [0.15, 0.2) is 0 Å². The van der Waals surface area contributed by atoms with Crippen molar-refractivity contribution in [1.82, 2.24) is 5.32 Å². The summed E-state index contributed by atoms with van der Waals surface area (Å²) in [5.74, 6) is 0.548. The third-order valence-corrected chi connectivity index (χ3v) is 3.90. The normalized spacial score (nSPS) is 12.3. The molecule has 2 N–H and O–H groups in total. The van der Waals surface area contributed by atoms with E-state index in [-0.39, 0.29) is 11.9 Å². The third kappa shape index (κ3) is 4.26. The van der Waals surface area contributed by atoms with E-state index in [4.69, 9.17) is 0 Å². The van der Waals surface area contributed by atoms with Gasteiger partial charge in [0.25, 0.3) is 5.91 Å². The van der Waals surface area contributed by atoms with Crippen LogP contribution in [0.4, 0.5) is 5.69 Å². The van der Waals surface area contributed by atoms with Crippen LogP contribution in [0.3, 0.4) is 0 Å². The molecule has 0 saturated heterocycles. The van der Waals surface area contributed by atoms with Crippen molar-refractivity contribution in [1.29, 1.82) is 0 Å². The van der Waals surface area contributed by atoms with E-state index < -0.39 is 0 Å². The molecule has 1 rings (SSSR count). The van der Waals surface area contributed by atoms with Gasteiger partial charge in [-0.2, -0.15) is 0 Å². The molecular formula is C17H28N2O. The van der Waals surface area contributed by atoms with E-state index in [0.29, 0.717) is 5.92 Å². The van der Waals surface area contributed by atoms with E-state index in [1.165, 1.54) is 0 Å². The molecule has 1 unspecified atom stereocenters. The topological polar surface area (TPSA) is 41.1 Å². The van der Waals surface area contributed by atoms with Gasteiger partial charge in [-0.1, -0.05) is 32.8 Å². The van der Waals surface area contributed by atoms with Crippen LogP contribution in [-0.2, 0) is 0 Å². The van der Waals surface area contributed by atoms with E-state index in [2.05, 4.69) is 31.4 Å². The molecule has 1 atom stereocenters. The Hall–Kier alpha value is -1.51. The number of rotatable bonds is 7. The Bertz CT molecular complexity index is 439. The summed E-state index contributed by atoms with van der Waals surface area (Å²) in [6.07, 6.45) is 2.18. The lowest BCUT2D eigenvalue weighted by molar-refractivity contribution is 0.0926. The molecule has 1 aromatic rings. The fourth-order valence-electron chi connectivity index (χ4n) is 2.59. The number of carbonyl (C=O) groups is 1. The Kier molecular flexibility index (Phi) is 6.56. The minimum atomic E-state index is 0.0142. The standard InChI is InChI=1S/C17H28N2O/c1-6-14(7-2)13(5)19-17(20)15-10-9-12(4)11-16(15)18-8-3/h9-11,13-14,18H,6-8H2,1-5H3,(H,19,20). The van der Waals surface area contributed by atoms with Gasteiger partial charge in [-0.25, -0.2) is 0 Å². The maximum atomic E-state index is 12.4. The SMILES string of the molecule is CCNc1cc(C)ccc1C(=O)NC(C)C(CC)CC. The predicted molar refractivity (Wildman–Crippen MR) is 86.3 cm³/mol. The molecule has 0 radical (unpaired) electrons. The second-order valence-corrected chi connectivity index (χ2v) is 5.42. The number of benzene rings is 1. The summed E-state index contributed by atoms with van der Waals surface area (Å²) in [5, 5.41) is 6.40. The maximum absolute atomic E-state index is 12.4. The molecular weight excluding hydrogens is 248 g/mol. The minimum absolute atomic E-state index is 0.0142. The van der Waals surface area contributed by atoms with Crippen LogP contribution in [0.2, 0.25) is 0 Å². The number of anilines is 1. The van der Waals surface area contributed by atoms with Gasteiger partial charge in [-0.05, 0) is 44.4 Å². The van der Waals surface area contributed by atoms with Crippen LogP contribution in [0.15, 0.2) is 18.2 Å². The minimum Gasteiger partial charge on any atom is -0.385 e. The predicted octanol–water partition coefficient (Wildman–Crippen LogP) is 3.98. The highest BCUT2D eigenvalue weighted by Gasteiger charge is 2.18. The molecule has 0 heterocycles. The van der Waals surface area contributed by atoms with Crippen LogP contribution in [0, 0.1) is 12.8 Å². The lowest BCUT2D eigenvalue weighted by atomic mass is 9.95. The van der Waals surface area contributed by atoms with Crippen molar-refractivity contribution < 1.29 is 4.79 Å². The summed E-state index contributed by atoms with van der Waals surface area (Å²) < 4.78 is 0. The van der Waals surface area contributed by atoms with E-state index >= 15 is 0 Å². The summed E-state index contributed by atoms with van der Waals surface area (Å²) >= 11 is 0. The first-order chi connectivity index (χ1) is 9.53. The van der Waals surface area contributed by atoms with Crippen LogP contribution in [0.1, 0.15) is 56.5 Å². The largest absolute Gasteiger partial charge is 0.385 e. The molecule has 0 aromatic heterocycles. The van der Waals surface area contributed by atoms with Crippen molar-refractivity contribution in [3.63, 3.8) is 0 Å².